The predicted octanol–water partition coefficient (Wildman–Crippen LogP) is 0.873. The molecule has 0 aromatic heterocycles. The molecule has 1 N–H and O–H groups in total. The first kappa shape index (κ1) is 9.25. The molecule has 0 saturated carbocycles. The molecule has 0 atom stereocenters. The summed E-state index contributed by atoms with van der Waals surface area (Å²) in [6.07, 6.45) is 1.57. The number of aromatic carboxylic acids is 1. The zero-order chi connectivity index (χ0) is 9.68. The molecule has 0 aliphatic rings. The summed E-state index contributed by atoms with van der Waals surface area (Å²) in [7, 11) is 0. The highest BCUT2D eigenvalue weighted by Crippen LogP contribution is 2.11. The van der Waals surface area contributed by atoms with Gasteiger partial charge in [0.1, 0.15) is 5.75 Å². The van der Waals surface area contributed by atoms with Gasteiger partial charge in [0.15, 0.2) is 6.61 Å². The predicted molar refractivity (Wildman–Crippen MR) is 44.6 cm³/mol. The Morgan fingerprint density at radius 1 is 1.38 bits per heavy atom. The molecule has 4 nitrogen and oxygen atoms in total. The molecular weight excluding hydrogens is 172 g/mol. The summed E-state index contributed by atoms with van der Waals surface area (Å²) in [6, 6.07) is 5.78. The van der Waals surface area contributed by atoms with Crippen molar-refractivity contribution >= 4 is 12.3 Å². The van der Waals surface area contributed by atoms with Crippen LogP contribution in [0.4, 0.5) is 0 Å². The van der Waals surface area contributed by atoms with Crippen LogP contribution in [0.15, 0.2) is 24.3 Å². The van der Waals surface area contributed by atoms with Gasteiger partial charge in [-0.3, -0.25) is 4.79 Å². The summed E-state index contributed by atoms with van der Waals surface area (Å²) < 4.78 is 4.87. The number of rotatable bonds is 4. The number of carbonyl (C=O) groups excluding carboxylic acids is 1. The smallest absolute Gasteiger partial charge is 0.335 e. The van der Waals surface area contributed by atoms with Crippen molar-refractivity contribution in [1.82, 2.24) is 0 Å². The van der Waals surface area contributed by atoms with Crippen LogP contribution in [-0.2, 0) is 4.79 Å². The molecule has 0 fully saturated rings. The van der Waals surface area contributed by atoms with E-state index in [0.717, 1.165) is 0 Å². The van der Waals surface area contributed by atoms with Gasteiger partial charge in [0, 0.05) is 0 Å². The Balaban J connectivity index is 2.69. The van der Waals surface area contributed by atoms with E-state index in [9.17, 15) is 9.59 Å². The summed E-state index contributed by atoms with van der Waals surface area (Å²) in [5.74, 6) is -0.540. The third-order valence-corrected chi connectivity index (χ3v) is 1.40. The van der Waals surface area contributed by atoms with Crippen LogP contribution in [0.25, 0.3) is 0 Å². The molecule has 0 bridgehead atoms. The lowest BCUT2D eigenvalue weighted by Crippen LogP contribution is -1.99. The molecule has 1 aromatic carbocycles. The van der Waals surface area contributed by atoms with Gasteiger partial charge in [-0.1, -0.05) is 0 Å². The maximum atomic E-state index is 10.4. The molecule has 1 rings (SSSR count). The molecule has 0 heterocycles. The molecule has 0 amide bonds. The lowest BCUT2D eigenvalue weighted by molar-refractivity contribution is 0.0697. The van der Waals surface area contributed by atoms with Gasteiger partial charge < -0.3 is 9.84 Å². The first-order valence-electron chi connectivity index (χ1n) is 3.55. The molecular formula is C9H7O4. The van der Waals surface area contributed by atoms with Crippen LogP contribution in [0.3, 0.4) is 0 Å². The lowest BCUT2D eigenvalue weighted by Gasteiger charge is -2.00. The SMILES string of the molecule is O=[C]COc1ccc(C(=O)O)cc1. The molecule has 1 aromatic rings. The van der Waals surface area contributed by atoms with E-state index in [-0.39, 0.29) is 12.2 Å². The van der Waals surface area contributed by atoms with Gasteiger partial charge in [0.25, 0.3) is 0 Å². The number of ether oxygens (including phenoxy) is 1. The molecule has 0 saturated heterocycles. The minimum absolute atomic E-state index is 0.146. The number of carboxylic acids is 1. The molecule has 0 spiro atoms. The fraction of sp³-hybridized carbons (Fsp3) is 0.111. The quantitative estimate of drug-likeness (QED) is 0.744. The Hall–Kier alpha value is -1.84. The third kappa shape index (κ3) is 2.59. The average Bonchev–Trinajstić information content (AvgIpc) is 2.15. The number of benzene rings is 1. The van der Waals surface area contributed by atoms with Crippen molar-refractivity contribution in [2.24, 2.45) is 0 Å². The normalized spacial score (nSPS) is 9.23. The molecule has 0 aliphatic carbocycles. The van der Waals surface area contributed by atoms with Crippen LogP contribution in [0, 0.1) is 0 Å². The van der Waals surface area contributed by atoms with Crippen molar-refractivity contribution in [3.05, 3.63) is 29.8 Å². The maximum absolute atomic E-state index is 10.4. The Labute approximate surface area is 74.8 Å². The fourth-order valence-corrected chi connectivity index (χ4v) is 0.807. The second-order valence-electron chi connectivity index (χ2n) is 2.26. The van der Waals surface area contributed by atoms with Crippen LogP contribution in [-0.4, -0.2) is 24.0 Å². The van der Waals surface area contributed by atoms with E-state index in [1.54, 1.807) is 6.29 Å². The highest BCUT2D eigenvalue weighted by Gasteiger charge is 2.01. The van der Waals surface area contributed by atoms with Gasteiger partial charge in [0.05, 0.1) is 5.56 Å². The van der Waals surface area contributed by atoms with E-state index in [2.05, 4.69) is 0 Å². The van der Waals surface area contributed by atoms with Crippen molar-refractivity contribution in [3.63, 3.8) is 0 Å². The fourth-order valence-electron chi connectivity index (χ4n) is 0.807. The molecule has 0 unspecified atom stereocenters. The van der Waals surface area contributed by atoms with E-state index in [0.29, 0.717) is 5.75 Å². The maximum Gasteiger partial charge on any atom is 0.335 e. The van der Waals surface area contributed by atoms with Crippen molar-refractivity contribution < 1.29 is 19.4 Å². The van der Waals surface area contributed by atoms with Crippen LogP contribution >= 0.6 is 0 Å². The number of hydrogen-bond donors (Lipinski definition) is 1. The standard InChI is InChI=1S/C9H7O4/c10-5-6-13-8-3-1-7(2-4-8)9(11)12/h1-4H,6H2,(H,11,12). The van der Waals surface area contributed by atoms with Gasteiger partial charge in [-0.05, 0) is 24.3 Å². The van der Waals surface area contributed by atoms with Gasteiger partial charge >= 0.3 is 5.97 Å². The Bertz CT molecular complexity index is 302. The zero-order valence-electron chi connectivity index (χ0n) is 6.69. The zero-order valence-corrected chi connectivity index (χ0v) is 6.69. The van der Waals surface area contributed by atoms with Crippen LogP contribution < -0.4 is 4.74 Å². The van der Waals surface area contributed by atoms with E-state index < -0.39 is 5.97 Å². The van der Waals surface area contributed by atoms with Gasteiger partial charge in [-0.25, -0.2) is 4.79 Å². The van der Waals surface area contributed by atoms with E-state index >= 15 is 0 Å². The van der Waals surface area contributed by atoms with E-state index in [1.165, 1.54) is 24.3 Å². The minimum atomic E-state index is -0.992. The molecule has 67 valence electrons. The highest BCUT2D eigenvalue weighted by molar-refractivity contribution is 5.87. The van der Waals surface area contributed by atoms with Crippen molar-refractivity contribution in [2.45, 2.75) is 0 Å². The van der Waals surface area contributed by atoms with Crippen molar-refractivity contribution in [2.75, 3.05) is 6.61 Å². The summed E-state index contributed by atoms with van der Waals surface area (Å²) in [6.45, 7) is -0.146. The van der Waals surface area contributed by atoms with Crippen LogP contribution in [0.5, 0.6) is 5.75 Å². The molecule has 4 heteroatoms. The van der Waals surface area contributed by atoms with Gasteiger partial charge in [-0.15, -0.1) is 0 Å². The Morgan fingerprint density at radius 2 is 2.00 bits per heavy atom. The summed E-state index contributed by atoms with van der Waals surface area (Å²) >= 11 is 0. The summed E-state index contributed by atoms with van der Waals surface area (Å²) in [5.41, 5.74) is 0.183. The monoisotopic (exact) mass is 179 g/mol. The molecule has 0 aliphatic heterocycles. The van der Waals surface area contributed by atoms with E-state index in [4.69, 9.17) is 9.84 Å². The average molecular weight is 179 g/mol. The molecule has 13 heavy (non-hydrogen) atoms. The Morgan fingerprint density at radius 3 is 2.46 bits per heavy atom. The lowest BCUT2D eigenvalue weighted by atomic mass is 10.2. The van der Waals surface area contributed by atoms with E-state index in [1.807, 2.05) is 0 Å². The second-order valence-corrected chi connectivity index (χ2v) is 2.26. The van der Waals surface area contributed by atoms with Crippen molar-refractivity contribution in [1.29, 1.82) is 0 Å². The number of hydrogen-bond acceptors (Lipinski definition) is 3. The second kappa shape index (κ2) is 4.25. The van der Waals surface area contributed by atoms with Gasteiger partial charge in [0.2, 0.25) is 6.29 Å². The van der Waals surface area contributed by atoms with Crippen LogP contribution in [0.1, 0.15) is 10.4 Å². The third-order valence-electron chi connectivity index (χ3n) is 1.40. The first-order chi connectivity index (χ1) is 6.24. The van der Waals surface area contributed by atoms with Crippen molar-refractivity contribution in [3.8, 4) is 5.75 Å². The van der Waals surface area contributed by atoms with Crippen LogP contribution in [0.2, 0.25) is 0 Å². The largest absolute Gasteiger partial charge is 0.485 e. The Kier molecular flexibility index (Phi) is 3.03. The number of carbonyl (C=O) groups is 1. The topological polar surface area (TPSA) is 63.6 Å². The van der Waals surface area contributed by atoms with Gasteiger partial charge in [-0.2, -0.15) is 0 Å². The first-order valence-corrected chi connectivity index (χ1v) is 3.55. The number of carboxylic acid groups (broad SMARTS) is 1. The minimum Gasteiger partial charge on any atom is -0.485 e. The molecule has 1 radical (unpaired) electrons. The summed E-state index contributed by atoms with van der Waals surface area (Å²) in [4.78, 5) is 20.2. The summed E-state index contributed by atoms with van der Waals surface area (Å²) in [5, 5.41) is 8.55. The highest BCUT2D eigenvalue weighted by atomic mass is 16.5.